The Labute approximate surface area is 106 Å². The number of hydrogen-bond donors (Lipinski definition) is 1. The molecule has 0 aliphatic rings. The van der Waals surface area contributed by atoms with E-state index >= 15 is 0 Å². The van der Waals surface area contributed by atoms with Crippen molar-refractivity contribution in [2.75, 3.05) is 5.73 Å². The topological polar surface area (TPSA) is 60.9 Å². The van der Waals surface area contributed by atoms with Crippen LogP contribution in [0.1, 0.15) is 11.1 Å². The van der Waals surface area contributed by atoms with Crippen molar-refractivity contribution in [3.63, 3.8) is 0 Å². The molecule has 2 N–H and O–H groups in total. The van der Waals surface area contributed by atoms with Crippen LogP contribution in [0, 0.1) is 6.92 Å². The van der Waals surface area contributed by atoms with Gasteiger partial charge in [-0.2, -0.15) is 13.2 Å². The molecule has 0 spiro atoms. The van der Waals surface area contributed by atoms with E-state index in [2.05, 4.69) is 5.10 Å². The lowest BCUT2D eigenvalue weighted by Gasteiger charge is -2.11. The van der Waals surface area contributed by atoms with Gasteiger partial charge < -0.3 is 5.73 Å². The highest BCUT2D eigenvalue weighted by Gasteiger charge is 2.30. The van der Waals surface area contributed by atoms with Crippen LogP contribution in [0.15, 0.2) is 35.3 Å². The summed E-state index contributed by atoms with van der Waals surface area (Å²) in [5.41, 5.74) is 4.69. The number of nitrogens with two attached hydrogens (primary N) is 1. The second kappa shape index (κ2) is 4.42. The summed E-state index contributed by atoms with van der Waals surface area (Å²) in [6, 6.07) is 4.62. The zero-order valence-electron chi connectivity index (χ0n) is 9.90. The van der Waals surface area contributed by atoms with Gasteiger partial charge in [-0.05, 0) is 25.1 Å². The van der Waals surface area contributed by atoms with Crippen molar-refractivity contribution in [1.82, 2.24) is 9.78 Å². The van der Waals surface area contributed by atoms with Crippen LogP contribution in [-0.2, 0) is 6.18 Å². The second-order valence-electron chi connectivity index (χ2n) is 4.02. The van der Waals surface area contributed by atoms with Gasteiger partial charge in [-0.1, -0.05) is 6.07 Å². The maximum absolute atomic E-state index is 12.6. The monoisotopic (exact) mass is 269 g/mol. The molecule has 2 rings (SSSR count). The minimum absolute atomic E-state index is 0.185. The summed E-state index contributed by atoms with van der Waals surface area (Å²) in [5, 5.41) is 3.74. The van der Waals surface area contributed by atoms with Crippen molar-refractivity contribution < 1.29 is 13.2 Å². The first-order chi connectivity index (χ1) is 8.79. The fourth-order valence-electron chi connectivity index (χ4n) is 1.59. The molecule has 1 heterocycles. The van der Waals surface area contributed by atoms with Crippen molar-refractivity contribution in [2.24, 2.45) is 0 Å². The van der Waals surface area contributed by atoms with Crippen LogP contribution in [0.4, 0.5) is 19.0 Å². The van der Waals surface area contributed by atoms with Gasteiger partial charge >= 0.3 is 6.18 Å². The highest BCUT2D eigenvalue weighted by molar-refractivity contribution is 5.39. The number of alkyl halides is 3. The lowest BCUT2D eigenvalue weighted by Crippen LogP contribution is -2.18. The van der Waals surface area contributed by atoms with E-state index in [1.165, 1.54) is 25.3 Å². The third-order valence-electron chi connectivity index (χ3n) is 2.56. The van der Waals surface area contributed by atoms with Gasteiger partial charge in [0.25, 0.3) is 0 Å². The Hall–Kier alpha value is -2.31. The Balaban J connectivity index is 2.57. The molecule has 2 aromatic rings. The maximum Gasteiger partial charge on any atom is 0.416 e. The largest absolute Gasteiger partial charge is 0.416 e. The lowest BCUT2D eigenvalue weighted by atomic mass is 10.2. The number of nitrogens with zero attached hydrogens (tertiary/aromatic N) is 2. The van der Waals surface area contributed by atoms with Crippen molar-refractivity contribution in [2.45, 2.75) is 13.1 Å². The van der Waals surface area contributed by atoms with Gasteiger partial charge in [0.15, 0.2) is 5.82 Å². The molecular weight excluding hydrogens is 259 g/mol. The van der Waals surface area contributed by atoms with Crippen LogP contribution in [0.2, 0.25) is 0 Å². The summed E-state index contributed by atoms with van der Waals surface area (Å²) in [7, 11) is 0. The summed E-state index contributed by atoms with van der Waals surface area (Å²) < 4.78 is 39.0. The summed E-state index contributed by atoms with van der Waals surface area (Å²) in [5.74, 6) is -0.252. The molecule has 0 aliphatic carbocycles. The third kappa shape index (κ3) is 2.59. The quantitative estimate of drug-likeness (QED) is 0.862. The standard InChI is InChI=1S/C12H10F3N3O/c1-7-6-18(17-11(16)10(7)19)9-4-2-3-8(5-9)12(13,14)15/h2-6H,1H3,(H2,16,17). The van der Waals surface area contributed by atoms with E-state index in [0.29, 0.717) is 5.56 Å². The van der Waals surface area contributed by atoms with Crippen LogP contribution in [0.25, 0.3) is 5.69 Å². The Morgan fingerprint density at radius 2 is 2.00 bits per heavy atom. The number of rotatable bonds is 1. The zero-order chi connectivity index (χ0) is 14.2. The predicted octanol–water partition coefficient (Wildman–Crippen LogP) is 2.14. The molecule has 0 unspecified atom stereocenters. The maximum atomic E-state index is 12.6. The summed E-state index contributed by atoms with van der Waals surface area (Å²) >= 11 is 0. The molecule has 0 radical (unpaired) electrons. The van der Waals surface area contributed by atoms with Crippen molar-refractivity contribution in [3.05, 3.63) is 51.8 Å². The number of aryl methyl sites for hydroxylation is 1. The number of benzene rings is 1. The van der Waals surface area contributed by atoms with E-state index in [0.717, 1.165) is 16.8 Å². The molecule has 4 nitrogen and oxygen atoms in total. The van der Waals surface area contributed by atoms with Crippen molar-refractivity contribution >= 4 is 5.82 Å². The summed E-state index contributed by atoms with van der Waals surface area (Å²) in [6.07, 6.45) is -3.09. The van der Waals surface area contributed by atoms with Crippen molar-refractivity contribution in [1.29, 1.82) is 0 Å². The van der Waals surface area contributed by atoms with E-state index in [-0.39, 0.29) is 11.5 Å². The fourth-order valence-corrected chi connectivity index (χ4v) is 1.59. The molecule has 1 aromatic carbocycles. The number of nitrogen functional groups attached to an aromatic ring is 1. The van der Waals surface area contributed by atoms with Crippen LogP contribution >= 0.6 is 0 Å². The molecule has 0 atom stereocenters. The van der Waals surface area contributed by atoms with Crippen LogP contribution < -0.4 is 11.2 Å². The third-order valence-corrected chi connectivity index (χ3v) is 2.56. The Kier molecular flexibility index (Phi) is 3.05. The van der Waals surface area contributed by atoms with Crippen LogP contribution in [0.3, 0.4) is 0 Å². The van der Waals surface area contributed by atoms with Gasteiger partial charge in [-0.25, -0.2) is 4.68 Å². The number of hydrogen-bond acceptors (Lipinski definition) is 3. The van der Waals surface area contributed by atoms with Gasteiger partial charge in [0.1, 0.15) is 0 Å². The average Bonchev–Trinajstić information content (AvgIpc) is 2.34. The SMILES string of the molecule is Cc1cn(-c2cccc(C(F)(F)F)c2)nc(N)c1=O. The Morgan fingerprint density at radius 3 is 2.58 bits per heavy atom. The molecule has 0 fully saturated rings. The van der Waals surface area contributed by atoms with Crippen molar-refractivity contribution in [3.8, 4) is 5.69 Å². The highest BCUT2D eigenvalue weighted by atomic mass is 19.4. The van der Waals surface area contributed by atoms with Gasteiger partial charge in [0.2, 0.25) is 5.43 Å². The first-order valence-corrected chi connectivity index (χ1v) is 5.33. The van der Waals surface area contributed by atoms with Crippen LogP contribution in [-0.4, -0.2) is 9.78 Å². The number of anilines is 1. The van der Waals surface area contributed by atoms with Gasteiger partial charge in [-0.15, -0.1) is 5.10 Å². The number of halogens is 3. The Morgan fingerprint density at radius 1 is 1.32 bits per heavy atom. The predicted molar refractivity (Wildman–Crippen MR) is 64.0 cm³/mol. The van der Waals surface area contributed by atoms with Gasteiger partial charge in [0, 0.05) is 11.8 Å². The van der Waals surface area contributed by atoms with Gasteiger partial charge in [0.05, 0.1) is 11.3 Å². The van der Waals surface area contributed by atoms with E-state index in [1.807, 2.05) is 0 Å². The normalized spacial score (nSPS) is 11.6. The molecule has 0 aliphatic heterocycles. The number of aromatic nitrogens is 2. The lowest BCUT2D eigenvalue weighted by molar-refractivity contribution is -0.137. The van der Waals surface area contributed by atoms with E-state index in [4.69, 9.17) is 5.73 Å². The zero-order valence-corrected chi connectivity index (χ0v) is 9.90. The average molecular weight is 269 g/mol. The minimum Gasteiger partial charge on any atom is -0.379 e. The first kappa shape index (κ1) is 13.1. The molecule has 7 heteroatoms. The molecule has 100 valence electrons. The fraction of sp³-hybridized carbons (Fsp3) is 0.167. The molecule has 0 bridgehead atoms. The van der Waals surface area contributed by atoms with E-state index in [9.17, 15) is 18.0 Å². The van der Waals surface area contributed by atoms with Crippen LogP contribution in [0.5, 0.6) is 0 Å². The molecule has 0 saturated heterocycles. The second-order valence-corrected chi connectivity index (χ2v) is 4.02. The molecule has 0 saturated carbocycles. The summed E-state index contributed by atoms with van der Waals surface area (Å²) in [4.78, 5) is 11.4. The molecular formula is C12H10F3N3O. The Bertz CT molecular complexity index is 650. The molecule has 0 amide bonds. The minimum atomic E-state index is -4.43. The molecule has 1 aromatic heterocycles. The smallest absolute Gasteiger partial charge is 0.379 e. The highest BCUT2D eigenvalue weighted by Crippen LogP contribution is 2.30. The van der Waals surface area contributed by atoms with E-state index in [1.54, 1.807) is 0 Å². The van der Waals surface area contributed by atoms with E-state index < -0.39 is 17.2 Å². The van der Waals surface area contributed by atoms with Gasteiger partial charge in [-0.3, -0.25) is 4.79 Å². The first-order valence-electron chi connectivity index (χ1n) is 5.33. The molecule has 19 heavy (non-hydrogen) atoms. The summed E-state index contributed by atoms with van der Waals surface area (Å²) in [6.45, 7) is 1.52.